The number of carbonyl (C=O) groups is 4. The second kappa shape index (κ2) is 15.8. The highest BCUT2D eigenvalue weighted by atomic mass is 32.2. The van der Waals surface area contributed by atoms with Gasteiger partial charge in [0, 0.05) is 40.0 Å². The van der Waals surface area contributed by atoms with Gasteiger partial charge in [0.15, 0.2) is 0 Å². The van der Waals surface area contributed by atoms with Crippen molar-refractivity contribution in [3.05, 3.63) is 112 Å². The summed E-state index contributed by atoms with van der Waals surface area (Å²) in [6.45, 7) is 7.91. The van der Waals surface area contributed by atoms with E-state index in [1.807, 2.05) is 26.8 Å². The van der Waals surface area contributed by atoms with Gasteiger partial charge in [0.2, 0.25) is 5.91 Å². The molecule has 50 heavy (non-hydrogen) atoms. The Bertz CT molecular complexity index is 1970. The van der Waals surface area contributed by atoms with E-state index in [1.165, 1.54) is 23.1 Å². The molecule has 1 unspecified atom stereocenters. The summed E-state index contributed by atoms with van der Waals surface area (Å²) in [5.74, 6) is -1.28. The van der Waals surface area contributed by atoms with Crippen molar-refractivity contribution in [2.45, 2.75) is 56.4 Å². The van der Waals surface area contributed by atoms with E-state index in [9.17, 15) is 24.4 Å². The molecule has 2 aromatic heterocycles. The Morgan fingerprint density at radius 2 is 1.84 bits per heavy atom. The number of thioether (sulfide) groups is 1. The van der Waals surface area contributed by atoms with Crippen LogP contribution in [-0.4, -0.2) is 51.1 Å². The summed E-state index contributed by atoms with van der Waals surface area (Å²) in [7, 11) is 0. The molecule has 1 aliphatic rings. The molecule has 1 aliphatic heterocycles. The van der Waals surface area contributed by atoms with Crippen LogP contribution in [0.2, 0.25) is 0 Å². The quantitative estimate of drug-likeness (QED) is 0.126. The minimum atomic E-state index is -0.622. The molecule has 0 saturated heterocycles. The van der Waals surface area contributed by atoms with E-state index in [4.69, 9.17) is 4.74 Å². The third-order valence-electron chi connectivity index (χ3n) is 7.36. The molecule has 2 aromatic carbocycles. The van der Waals surface area contributed by atoms with Crippen LogP contribution >= 0.6 is 23.1 Å². The number of hydrogen-bond acceptors (Lipinski definition) is 9. The molecule has 0 saturated carbocycles. The molecule has 0 bridgehead atoms. The zero-order valence-electron chi connectivity index (χ0n) is 28.0. The van der Waals surface area contributed by atoms with Crippen LogP contribution in [0.15, 0.2) is 89.7 Å². The van der Waals surface area contributed by atoms with Crippen molar-refractivity contribution in [3.8, 4) is 6.07 Å². The number of nitriles is 1. The fourth-order valence-electron chi connectivity index (χ4n) is 4.98. The number of fused-ring (bicyclic) bond motifs is 1. The fourth-order valence-corrected chi connectivity index (χ4v) is 7.12. The fraction of sp³-hybridized carbons (Fsp3) is 0.243. The van der Waals surface area contributed by atoms with E-state index in [0.717, 1.165) is 15.3 Å². The number of pyridine rings is 1. The second-order valence-corrected chi connectivity index (χ2v) is 14.9. The molecule has 0 fully saturated rings. The van der Waals surface area contributed by atoms with E-state index in [2.05, 4.69) is 27.0 Å². The van der Waals surface area contributed by atoms with Gasteiger partial charge in [0.25, 0.3) is 11.8 Å². The van der Waals surface area contributed by atoms with Gasteiger partial charge in [-0.1, -0.05) is 30.3 Å². The Kier molecular flexibility index (Phi) is 11.4. The van der Waals surface area contributed by atoms with Gasteiger partial charge < -0.3 is 25.6 Å². The van der Waals surface area contributed by atoms with Crippen molar-refractivity contribution in [3.63, 3.8) is 0 Å². The highest BCUT2D eigenvalue weighted by Gasteiger charge is 2.30. The average molecular weight is 709 g/mol. The number of hydrogen-bond donors (Lipinski definition) is 3. The SMILES string of the molecule is CC(Sc1cccc(NC(=O)/C(=C/c2cccnc2)NC(=O)c2ccccc2)c1)C(=O)Nc1sc2c(c1C#N)CCN(C(=O)OC(C)(C)C)C2. The summed E-state index contributed by atoms with van der Waals surface area (Å²) in [4.78, 5) is 59.6. The van der Waals surface area contributed by atoms with E-state index >= 15 is 0 Å². The molecule has 11 nitrogen and oxygen atoms in total. The first-order valence-corrected chi connectivity index (χ1v) is 17.5. The number of carbonyl (C=O) groups excluding carboxylic acids is 4. The number of rotatable bonds is 9. The van der Waals surface area contributed by atoms with Crippen molar-refractivity contribution >= 4 is 63.7 Å². The predicted molar refractivity (Wildman–Crippen MR) is 195 cm³/mol. The Hall–Kier alpha value is -5.45. The van der Waals surface area contributed by atoms with E-state index in [0.29, 0.717) is 46.9 Å². The van der Waals surface area contributed by atoms with Crippen LogP contribution in [0.1, 0.15) is 59.6 Å². The maximum absolute atomic E-state index is 13.5. The van der Waals surface area contributed by atoms with Gasteiger partial charge in [-0.2, -0.15) is 5.26 Å². The summed E-state index contributed by atoms with van der Waals surface area (Å²) in [6, 6.07) is 21.3. The van der Waals surface area contributed by atoms with Crippen molar-refractivity contribution < 1.29 is 23.9 Å². The molecule has 3 heterocycles. The Balaban J connectivity index is 1.25. The van der Waals surface area contributed by atoms with Gasteiger partial charge in [-0.3, -0.25) is 19.4 Å². The zero-order valence-corrected chi connectivity index (χ0v) is 29.6. The molecule has 0 aliphatic carbocycles. The Labute approximate surface area is 298 Å². The molecule has 5 rings (SSSR count). The maximum atomic E-state index is 13.5. The lowest BCUT2D eigenvalue weighted by molar-refractivity contribution is -0.115. The van der Waals surface area contributed by atoms with Gasteiger partial charge in [-0.05, 0) is 87.7 Å². The van der Waals surface area contributed by atoms with Crippen LogP contribution in [0.3, 0.4) is 0 Å². The van der Waals surface area contributed by atoms with Crippen LogP contribution in [-0.2, 0) is 27.3 Å². The average Bonchev–Trinajstić information content (AvgIpc) is 3.44. The number of aromatic nitrogens is 1. The molecular formula is C37H36N6O5S2. The highest BCUT2D eigenvalue weighted by molar-refractivity contribution is 8.00. The van der Waals surface area contributed by atoms with Crippen LogP contribution in [0, 0.1) is 11.3 Å². The van der Waals surface area contributed by atoms with Crippen LogP contribution in [0.25, 0.3) is 6.08 Å². The predicted octanol–water partition coefficient (Wildman–Crippen LogP) is 6.84. The molecule has 256 valence electrons. The van der Waals surface area contributed by atoms with Gasteiger partial charge in [-0.15, -0.1) is 23.1 Å². The molecule has 13 heteroatoms. The minimum absolute atomic E-state index is 0.0267. The normalized spacial score (nSPS) is 13.3. The molecule has 0 spiro atoms. The van der Waals surface area contributed by atoms with E-state index in [1.54, 1.807) is 91.0 Å². The number of nitrogens with zero attached hydrogens (tertiary/aromatic N) is 3. The standard InChI is InChI=1S/C37H36N6O5S2/c1-23(32(44)42-35-29(20-38)28-15-17-43(22-31(28)50-35)36(47)48-37(2,3)4)49-27-14-8-13-26(19-27)40-34(46)30(18-24-10-9-16-39-21-24)41-33(45)25-11-6-5-7-12-25/h5-14,16,18-19,21,23H,15,17,22H2,1-4H3,(H,40,46)(H,41,45)(H,42,44)/b30-18-. The lowest BCUT2D eigenvalue weighted by Crippen LogP contribution is -2.39. The van der Waals surface area contributed by atoms with Crippen LogP contribution < -0.4 is 16.0 Å². The minimum Gasteiger partial charge on any atom is -0.444 e. The number of amides is 4. The summed E-state index contributed by atoms with van der Waals surface area (Å²) >= 11 is 2.58. The van der Waals surface area contributed by atoms with E-state index < -0.39 is 28.8 Å². The Morgan fingerprint density at radius 1 is 1.06 bits per heavy atom. The summed E-state index contributed by atoms with van der Waals surface area (Å²) in [6.07, 6.45) is 4.81. The largest absolute Gasteiger partial charge is 0.444 e. The number of anilines is 2. The van der Waals surface area contributed by atoms with Gasteiger partial charge in [0.05, 0.1) is 17.4 Å². The van der Waals surface area contributed by atoms with Gasteiger partial charge in [-0.25, -0.2) is 4.79 Å². The number of thiophene rings is 1. The summed E-state index contributed by atoms with van der Waals surface area (Å²) < 4.78 is 5.51. The van der Waals surface area contributed by atoms with Crippen molar-refractivity contribution in [2.24, 2.45) is 0 Å². The van der Waals surface area contributed by atoms with E-state index in [-0.39, 0.29) is 11.6 Å². The molecule has 0 radical (unpaired) electrons. The molecular weight excluding hydrogens is 673 g/mol. The highest BCUT2D eigenvalue weighted by Crippen LogP contribution is 2.38. The molecule has 4 aromatic rings. The lowest BCUT2D eigenvalue weighted by atomic mass is 10.0. The second-order valence-electron chi connectivity index (χ2n) is 12.4. The van der Waals surface area contributed by atoms with Crippen molar-refractivity contribution in [2.75, 3.05) is 17.2 Å². The van der Waals surface area contributed by atoms with Crippen LogP contribution in [0.5, 0.6) is 0 Å². The number of benzene rings is 2. The van der Waals surface area contributed by atoms with Gasteiger partial charge in [0.1, 0.15) is 22.4 Å². The molecule has 4 amide bonds. The van der Waals surface area contributed by atoms with Crippen molar-refractivity contribution in [1.29, 1.82) is 5.26 Å². The first-order valence-electron chi connectivity index (χ1n) is 15.8. The van der Waals surface area contributed by atoms with Crippen LogP contribution in [0.4, 0.5) is 15.5 Å². The molecule has 3 N–H and O–H groups in total. The zero-order chi connectivity index (χ0) is 35.8. The van der Waals surface area contributed by atoms with Crippen molar-refractivity contribution in [1.82, 2.24) is 15.2 Å². The Morgan fingerprint density at radius 3 is 2.54 bits per heavy atom. The number of nitrogens with one attached hydrogen (secondary N) is 3. The van der Waals surface area contributed by atoms with Gasteiger partial charge >= 0.3 is 6.09 Å². The third-order valence-corrected chi connectivity index (χ3v) is 9.58. The summed E-state index contributed by atoms with van der Waals surface area (Å²) in [5, 5.41) is 18.3. The lowest BCUT2D eigenvalue weighted by Gasteiger charge is -2.29. The smallest absolute Gasteiger partial charge is 0.410 e. The summed E-state index contributed by atoms with van der Waals surface area (Å²) in [5.41, 5.74) is 2.15. The first kappa shape index (κ1) is 35.8. The monoisotopic (exact) mass is 708 g/mol. The topological polar surface area (TPSA) is 154 Å². The third kappa shape index (κ3) is 9.37. The first-order chi connectivity index (χ1) is 23.9. The molecule has 1 atom stereocenters. The maximum Gasteiger partial charge on any atom is 0.410 e. The number of ether oxygens (including phenoxy) is 1.